The maximum atomic E-state index is 10.3. The number of aliphatic carboxylic acids is 1. The number of carbonyl (C=O) groups is 1. The van der Waals surface area contributed by atoms with Crippen LogP contribution in [0.3, 0.4) is 0 Å². The van der Waals surface area contributed by atoms with Crippen molar-refractivity contribution in [2.75, 3.05) is 13.2 Å². The van der Waals surface area contributed by atoms with Gasteiger partial charge in [0.05, 0.1) is 0 Å². The second kappa shape index (κ2) is 23.5. The molecule has 162 valence electrons. The van der Waals surface area contributed by atoms with Crippen LogP contribution >= 0.6 is 0 Å². The summed E-state index contributed by atoms with van der Waals surface area (Å²) in [5.41, 5.74) is 0. The van der Waals surface area contributed by atoms with Crippen molar-refractivity contribution >= 4 is 5.97 Å². The van der Waals surface area contributed by atoms with Crippen molar-refractivity contribution in [1.82, 2.24) is 0 Å². The van der Waals surface area contributed by atoms with Gasteiger partial charge in [0, 0.05) is 6.61 Å². The highest BCUT2D eigenvalue weighted by atomic mass is 16.5. The fourth-order valence-electron chi connectivity index (χ4n) is 3.62. The van der Waals surface area contributed by atoms with E-state index in [4.69, 9.17) is 9.84 Å². The maximum absolute atomic E-state index is 10.3. The van der Waals surface area contributed by atoms with Crippen LogP contribution in [0.4, 0.5) is 0 Å². The summed E-state index contributed by atoms with van der Waals surface area (Å²) in [4.78, 5) is 10.3. The van der Waals surface area contributed by atoms with Gasteiger partial charge in [-0.05, 0) is 6.42 Å². The molecule has 1 N–H and O–H groups in total. The molecule has 0 saturated heterocycles. The average molecular weight is 385 g/mol. The first-order chi connectivity index (χ1) is 13.3. The minimum absolute atomic E-state index is 0.154. The molecule has 0 amide bonds. The minimum atomic E-state index is -0.872. The van der Waals surface area contributed by atoms with Gasteiger partial charge in [-0.15, -0.1) is 0 Å². The van der Waals surface area contributed by atoms with Gasteiger partial charge >= 0.3 is 5.97 Å². The first-order valence-corrected chi connectivity index (χ1v) is 12.1. The molecule has 0 heterocycles. The molecule has 0 aliphatic heterocycles. The van der Waals surface area contributed by atoms with E-state index in [2.05, 4.69) is 6.92 Å². The Morgan fingerprint density at radius 1 is 0.556 bits per heavy atom. The van der Waals surface area contributed by atoms with Crippen LogP contribution < -0.4 is 0 Å². The summed E-state index contributed by atoms with van der Waals surface area (Å²) in [7, 11) is 0. The highest BCUT2D eigenvalue weighted by Crippen LogP contribution is 2.14. The van der Waals surface area contributed by atoms with Gasteiger partial charge in [0.25, 0.3) is 0 Å². The van der Waals surface area contributed by atoms with Crippen molar-refractivity contribution in [2.24, 2.45) is 0 Å². The first-order valence-electron chi connectivity index (χ1n) is 12.1. The van der Waals surface area contributed by atoms with Gasteiger partial charge < -0.3 is 9.84 Å². The van der Waals surface area contributed by atoms with Gasteiger partial charge in [-0.2, -0.15) is 0 Å². The molecule has 0 rings (SSSR count). The fourth-order valence-corrected chi connectivity index (χ4v) is 3.62. The van der Waals surface area contributed by atoms with E-state index in [1.165, 1.54) is 122 Å². The molecule has 27 heavy (non-hydrogen) atoms. The van der Waals surface area contributed by atoms with Crippen molar-refractivity contribution in [3.63, 3.8) is 0 Å². The fraction of sp³-hybridized carbons (Fsp3) is 0.958. The maximum Gasteiger partial charge on any atom is 0.329 e. The highest BCUT2D eigenvalue weighted by molar-refractivity contribution is 5.67. The van der Waals surface area contributed by atoms with Crippen LogP contribution in [0.5, 0.6) is 0 Å². The molecule has 0 fully saturated rings. The van der Waals surface area contributed by atoms with Crippen molar-refractivity contribution in [3.05, 3.63) is 0 Å². The van der Waals surface area contributed by atoms with Gasteiger partial charge in [-0.25, -0.2) is 4.79 Å². The number of unbranched alkanes of at least 4 members (excludes halogenated alkanes) is 19. The van der Waals surface area contributed by atoms with Crippen LogP contribution in [0.2, 0.25) is 0 Å². The predicted octanol–water partition coefficient (Wildman–Crippen LogP) is 7.91. The number of rotatable bonds is 23. The monoisotopic (exact) mass is 384 g/mol. The van der Waals surface area contributed by atoms with E-state index in [1.54, 1.807) is 0 Å². The number of hydrogen-bond acceptors (Lipinski definition) is 2. The van der Waals surface area contributed by atoms with Crippen LogP contribution in [0.25, 0.3) is 0 Å². The Balaban J connectivity index is 2.98. The molecule has 0 aromatic carbocycles. The summed E-state index contributed by atoms with van der Waals surface area (Å²) in [6, 6.07) is 0. The lowest BCUT2D eigenvalue weighted by Crippen LogP contribution is -2.07. The summed E-state index contributed by atoms with van der Waals surface area (Å²) in [5, 5.41) is 8.45. The molecule has 3 heteroatoms. The number of carboxylic acids is 1. The molecule has 0 aromatic rings. The van der Waals surface area contributed by atoms with E-state index >= 15 is 0 Å². The molecule has 0 bridgehead atoms. The number of carboxylic acid groups (broad SMARTS) is 1. The molecule has 0 atom stereocenters. The first kappa shape index (κ1) is 26.4. The Bertz CT molecular complexity index is 291. The van der Waals surface area contributed by atoms with Gasteiger partial charge in [0.15, 0.2) is 0 Å². The van der Waals surface area contributed by atoms with Gasteiger partial charge in [0.2, 0.25) is 0 Å². The van der Waals surface area contributed by atoms with E-state index in [0.29, 0.717) is 6.61 Å². The summed E-state index contributed by atoms with van der Waals surface area (Å²) in [6.45, 7) is 2.72. The van der Waals surface area contributed by atoms with Crippen molar-refractivity contribution in [1.29, 1.82) is 0 Å². The van der Waals surface area contributed by atoms with E-state index in [9.17, 15) is 4.79 Å². The molecule has 0 radical (unpaired) electrons. The van der Waals surface area contributed by atoms with E-state index < -0.39 is 5.97 Å². The number of ether oxygens (including phenoxy) is 1. The topological polar surface area (TPSA) is 46.5 Å². The average Bonchev–Trinajstić information content (AvgIpc) is 2.65. The second-order valence-corrected chi connectivity index (χ2v) is 8.16. The number of hydrogen-bond donors (Lipinski definition) is 1. The standard InChI is InChI=1S/C24H48O3/c1-2-3-4-5-6-7-8-9-10-11-12-13-14-15-16-17-18-19-20-21-22-27-23-24(25)26/h2-23H2,1H3,(H,25,26). The van der Waals surface area contributed by atoms with Crippen LogP contribution in [0.15, 0.2) is 0 Å². The third-order valence-corrected chi connectivity index (χ3v) is 5.37. The van der Waals surface area contributed by atoms with E-state index in [0.717, 1.165) is 6.42 Å². The van der Waals surface area contributed by atoms with E-state index in [-0.39, 0.29) is 6.61 Å². The third-order valence-electron chi connectivity index (χ3n) is 5.37. The molecule has 0 aliphatic carbocycles. The summed E-state index contributed by atoms with van der Waals surface area (Å²) < 4.78 is 5.03. The Labute approximate surface area is 169 Å². The molecule has 0 spiro atoms. The Hall–Kier alpha value is -0.570. The summed E-state index contributed by atoms with van der Waals surface area (Å²) >= 11 is 0. The molecule has 0 unspecified atom stereocenters. The third kappa shape index (κ3) is 25.4. The van der Waals surface area contributed by atoms with Crippen molar-refractivity contribution in [2.45, 2.75) is 135 Å². The zero-order valence-corrected chi connectivity index (χ0v) is 18.3. The zero-order valence-electron chi connectivity index (χ0n) is 18.3. The molecule has 0 aromatic heterocycles. The Kier molecular flexibility index (Phi) is 23.0. The predicted molar refractivity (Wildman–Crippen MR) is 116 cm³/mol. The lowest BCUT2D eigenvalue weighted by Gasteiger charge is -2.04. The van der Waals surface area contributed by atoms with Gasteiger partial charge in [-0.3, -0.25) is 0 Å². The normalized spacial score (nSPS) is 11.1. The van der Waals surface area contributed by atoms with Crippen molar-refractivity contribution < 1.29 is 14.6 Å². The van der Waals surface area contributed by atoms with Gasteiger partial charge in [-0.1, -0.05) is 129 Å². The van der Waals surface area contributed by atoms with Crippen LogP contribution in [-0.2, 0) is 9.53 Å². The van der Waals surface area contributed by atoms with Gasteiger partial charge in [0.1, 0.15) is 6.61 Å². The van der Waals surface area contributed by atoms with Crippen LogP contribution in [-0.4, -0.2) is 24.3 Å². The van der Waals surface area contributed by atoms with Crippen LogP contribution in [0, 0.1) is 0 Å². The lowest BCUT2D eigenvalue weighted by molar-refractivity contribution is -0.142. The molecule has 0 saturated carbocycles. The second-order valence-electron chi connectivity index (χ2n) is 8.16. The Morgan fingerprint density at radius 2 is 0.852 bits per heavy atom. The van der Waals surface area contributed by atoms with Crippen molar-refractivity contribution in [3.8, 4) is 0 Å². The smallest absolute Gasteiger partial charge is 0.329 e. The minimum Gasteiger partial charge on any atom is -0.480 e. The molecular formula is C24H48O3. The molecule has 0 aliphatic rings. The molecule has 3 nitrogen and oxygen atoms in total. The molecular weight excluding hydrogens is 336 g/mol. The zero-order chi connectivity index (χ0) is 19.8. The Morgan fingerprint density at radius 3 is 1.15 bits per heavy atom. The van der Waals surface area contributed by atoms with Crippen LogP contribution in [0.1, 0.15) is 135 Å². The quantitative estimate of drug-likeness (QED) is 0.182. The summed E-state index contributed by atoms with van der Waals surface area (Å²) in [6.07, 6.45) is 27.5. The highest BCUT2D eigenvalue weighted by Gasteiger charge is 1.97. The van der Waals surface area contributed by atoms with E-state index in [1.807, 2.05) is 0 Å². The lowest BCUT2D eigenvalue weighted by atomic mass is 10.0. The SMILES string of the molecule is CCCCCCCCCCCCCCCCCCCCCCOCC(=O)O. The largest absolute Gasteiger partial charge is 0.480 e. The summed E-state index contributed by atoms with van der Waals surface area (Å²) in [5.74, 6) is -0.872.